The number of benzene rings is 2. The van der Waals surface area contributed by atoms with E-state index in [-0.39, 0.29) is 11.6 Å². The normalized spacial score (nSPS) is 10.2. The van der Waals surface area contributed by atoms with Crippen LogP contribution >= 0.6 is 0 Å². The number of ketones is 1. The summed E-state index contributed by atoms with van der Waals surface area (Å²) in [6.07, 6.45) is 0. The van der Waals surface area contributed by atoms with Crippen LogP contribution in [0, 0.1) is 12.7 Å². The summed E-state index contributed by atoms with van der Waals surface area (Å²) in [7, 11) is 4.45. The van der Waals surface area contributed by atoms with Gasteiger partial charge in [-0.1, -0.05) is 0 Å². The minimum absolute atomic E-state index is 0.239. The van der Waals surface area contributed by atoms with E-state index >= 15 is 0 Å². The molecule has 4 nitrogen and oxygen atoms in total. The summed E-state index contributed by atoms with van der Waals surface area (Å²) in [6, 6.07) is 7.21. The molecule has 0 aromatic heterocycles. The van der Waals surface area contributed by atoms with Crippen LogP contribution in [0.3, 0.4) is 0 Å². The molecule has 0 atom stereocenters. The lowest BCUT2D eigenvalue weighted by Crippen LogP contribution is -2.06. The number of methoxy groups -OCH3 is 3. The SMILES string of the molecule is COc1cc(C(=O)c2ccc(F)cc2C)cc(OC)c1OC. The second kappa shape index (κ2) is 6.47. The third kappa shape index (κ3) is 2.88. The molecule has 0 N–H and O–H groups in total. The average Bonchev–Trinajstić information content (AvgIpc) is 2.52. The van der Waals surface area contributed by atoms with Gasteiger partial charge in [-0.15, -0.1) is 0 Å². The number of hydrogen-bond donors (Lipinski definition) is 0. The predicted octanol–water partition coefficient (Wildman–Crippen LogP) is 3.39. The van der Waals surface area contributed by atoms with Gasteiger partial charge < -0.3 is 14.2 Å². The molecule has 0 heterocycles. The van der Waals surface area contributed by atoms with Crippen molar-refractivity contribution in [1.82, 2.24) is 0 Å². The van der Waals surface area contributed by atoms with Crippen molar-refractivity contribution in [1.29, 1.82) is 0 Å². The Bertz CT molecular complexity index is 685. The summed E-state index contributed by atoms with van der Waals surface area (Å²) in [5.74, 6) is 0.586. The molecule has 2 aromatic carbocycles. The van der Waals surface area contributed by atoms with Crippen LogP contribution < -0.4 is 14.2 Å². The molecule has 0 spiro atoms. The third-order valence-electron chi connectivity index (χ3n) is 3.36. The molecule has 0 amide bonds. The summed E-state index contributed by atoms with van der Waals surface area (Å²) in [5.41, 5.74) is 1.37. The summed E-state index contributed by atoms with van der Waals surface area (Å²) < 4.78 is 28.9. The molecule has 0 unspecified atom stereocenters. The highest BCUT2D eigenvalue weighted by molar-refractivity contribution is 6.10. The number of rotatable bonds is 5. The van der Waals surface area contributed by atoms with Gasteiger partial charge in [0.2, 0.25) is 5.75 Å². The second-order valence-electron chi connectivity index (χ2n) is 4.70. The molecule has 2 aromatic rings. The molecule has 5 heteroatoms. The topological polar surface area (TPSA) is 44.8 Å². The fourth-order valence-electron chi connectivity index (χ4n) is 2.25. The highest BCUT2D eigenvalue weighted by atomic mass is 19.1. The van der Waals surface area contributed by atoms with E-state index < -0.39 is 0 Å². The van der Waals surface area contributed by atoms with Crippen molar-refractivity contribution in [2.75, 3.05) is 21.3 Å². The maximum Gasteiger partial charge on any atom is 0.203 e. The summed E-state index contributed by atoms with van der Waals surface area (Å²) in [4.78, 5) is 12.6. The molecule has 0 aliphatic carbocycles. The first kappa shape index (κ1) is 15.8. The van der Waals surface area contributed by atoms with E-state index in [2.05, 4.69) is 0 Å². The molecule has 0 aliphatic heterocycles. The van der Waals surface area contributed by atoms with Gasteiger partial charge in [0.15, 0.2) is 17.3 Å². The van der Waals surface area contributed by atoms with E-state index in [1.165, 1.54) is 39.5 Å². The van der Waals surface area contributed by atoms with Gasteiger partial charge in [-0.25, -0.2) is 4.39 Å². The maximum absolute atomic E-state index is 13.2. The van der Waals surface area contributed by atoms with E-state index in [1.54, 1.807) is 19.1 Å². The van der Waals surface area contributed by atoms with Crippen molar-refractivity contribution in [3.8, 4) is 17.2 Å². The fraction of sp³-hybridized carbons (Fsp3) is 0.235. The smallest absolute Gasteiger partial charge is 0.203 e. The van der Waals surface area contributed by atoms with Gasteiger partial charge in [0.1, 0.15) is 5.82 Å². The van der Waals surface area contributed by atoms with E-state index in [4.69, 9.17) is 14.2 Å². The minimum atomic E-state index is -0.376. The second-order valence-corrected chi connectivity index (χ2v) is 4.70. The van der Waals surface area contributed by atoms with Crippen molar-refractivity contribution in [3.63, 3.8) is 0 Å². The fourth-order valence-corrected chi connectivity index (χ4v) is 2.25. The Morgan fingerprint density at radius 1 is 0.955 bits per heavy atom. The number of ether oxygens (including phenoxy) is 3. The van der Waals surface area contributed by atoms with Crippen molar-refractivity contribution in [3.05, 3.63) is 52.8 Å². The van der Waals surface area contributed by atoms with Gasteiger partial charge in [0.25, 0.3) is 0 Å². The monoisotopic (exact) mass is 304 g/mol. The van der Waals surface area contributed by atoms with Crippen LogP contribution in [-0.4, -0.2) is 27.1 Å². The molecule has 0 radical (unpaired) electrons. The number of aryl methyl sites for hydroxylation is 1. The first-order chi connectivity index (χ1) is 10.5. The van der Waals surface area contributed by atoms with Crippen LogP contribution in [0.1, 0.15) is 21.5 Å². The Morgan fingerprint density at radius 3 is 2.00 bits per heavy atom. The third-order valence-corrected chi connectivity index (χ3v) is 3.36. The summed E-state index contributed by atoms with van der Waals surface area (Å²) >= 11 is 0. The van der Waals surface area contributed by atoms with E-state index in [1.807, 2.05) is 0 Å². The molecule has 0 bridgehead atoms. The van der Waals surface area contributed by atoms with Crippen molar-refractivity contribution in [2.45, 2.75) is 6.92 Å². The molecule has 2 rings (SSSR count). The van der Waals surface area contributed by atoms with E-state index in [9.17, 15) is 9.18 Å². The lowest BCUT2D eigenvalue weighted by Gasteiger charge is -2.14. The Kier molecular flexibility index (Phi) is 4.65. The zero-order valence-electron chi connectivity index (χ0n) is 12.9. The molecular formula is C17H17FO4. The van der Waals surface area contributed by atoms with Gasteiger partial charge in [-0.2, -0.15) is 0 Å². The van der Waals surface area contributed by atoms with Gasteiger partial charge in [-0.05, 0) is 42.8 Å². The van der Waals surface area contributed by atoms with Crippen molar-refractivity contribution < 1.29 is 23.4 Å². The highest BCUT2D eigenvalue weighted by Crippen LogP contribution is 2.38. The molecule has 0 fully saturated rings. The number of carbonyl (C=O) groups is 1. The summed E-state index contributed by atoms with van der Waals surface area (Å²) in [6.45, 7) is 1.69. The molecule has 0 saturated carbocycles. The van der Waals surface area contributed by atoms with Crippen molar-refractivity contribution >= 4 is 5.78 Å². The largest absolute Gasteiger partial charge is 0.493 e. The molecular weight excluding hydrogens is 287 g/mol. The number of halogens is 1. The van der Waals surface area contributed by atoms with Gasteiger partial charge in [0, 0.05) is 11.1 Å². The van der Waals surface area contributed by atoms with Crippen LogP contribution in [-0.2, 0) is 0 Å². The minimum Gasteiger partial charge on any atom is -0.493 e. The van der Waals surface area contributed by atoms with E-state index in [0.29, 0.717) is 33.9 Å². The molecule has 116 valence electrons. The zero-order valence-corrected chi connectivity index (χ0v) is 12.9. The highest BCUT2D eigenvalue weighted by Gasteiger charge is 2.19. The van der Waals surface area contributed by atoms with Crippen LogP contribution in [0.25, 0.3) is 0 Å². The van der Waals surface area contributed by atoms with Gasteiger partial charge >= 0.3 is 0 Å². The number of hydrogen-bond acceptors (Lipinski definition) is 4. The quantitative estimate of drug-likeness (QED) is 0.794. The Labute approximate surface area is 128 Å². The van der Waals surface area contributed by atoms with E-state index in [0.717, 1.165) is 0 Å². The average molecular weight is 304 g/mol. The van der Waals surface area contributed by atoms with Gasteiger partial charge in [0.05, 0.1) is 21.3 Å². The maximum atomic E-state index is 13.2. The van der Waals surface area contributed by atoms with Crippen LogP contribution in [0.4, 0.5) is 4.39 Å². The van der Waals surface area contributed by atoms with Crippen LogP contribution in [0.2, 0.25) is 0 Å². The molecule has 0 aliphatic rings. The molecule has 22 heavy (non-hydrogen) atoms. The number of carbonyl (C=O) groups excluding carboxylic acids is 1. The van der Waals surface area contributed by atoms with Crippen LogP contribution in [0.15, 0.2) is 30.3 Å². The lowest BCUT2D eigenvalue weighted by molar-refractivity contribution is 0.103. The Hall–Kier alpha value is -2.56. The zero-order chi connectivity index (χ0) is 16.3. The van der Waals surface area contributed by atoms with Crippen LogP contribution in [0.5, 0.6) is 17.2 Å². The summed E-state index contributed by atoms with van der Waals surface area (Å²) in [5, 5.41) is 0. The first-order valence-electron chi connectivity index (χ1n) is 6.62. The van der Waals surface area contributed by atoms with Gasteiger partial charge in [-0.3, -0.25) is 4.79 Å². The molecule has 0 saturated heterocycles. The van der Waals surface area contributed by atoms with Crippen molar-refractivity contribution in [2.24, 2.45) is 0 Å². The standard InChI is InChI=1S/C17H17FO4/c1-10-7-12(18)5-6-13(10)16(19)11-8-14(20-2)17(22-4)15(9-11)21-3/h5-9H,1-4H3. The first-order valence-corrected chi connectivity index (χ1v) is 6.62. The predicted molar refractivity (Wildman–Crippen MR) is 80.7 cm³/mol. The lowest BCUT2D eigenvalue weighted by atomic mass is 9.98. The Balaban J connectivity index is 2.54. The Morgan fingerprint density at radius 2 is 1.55 bits per heavy atom.